The minimum Gasteiger partial charge on any atom is -0.379 e. The van der Waals surface area contributed by atoms with Crippen LogP contribution in [0.1, 0.15) is 17.3 Å². The van der Waals surface area contributed by atoms with Gasteiger partial charge in [0.05, 0.1) is 10.5 Å². The molecular weight excluding hydrogens is 222 g/mol. The van der Waals surface area contributed by atoms with E-state index in [1.807, 2.05) is 6.92 Å². The van der Waals surface area contributed by atoms with Crippen LogP contribution in [0, 0.1) is 10.1 Å². The van der Waals surface area contributed by atoms with E-state index in [0.717, 1.165) is 0 Å². The molecule has 0 heterocycles. The number of amides is 1. The number of nitro groups is 1. The zero-order chi connectivity index (χ0) is 13.0. The maximum absolute atomic E-state index is 11.9. The minimum absolute atomic E-state index is 0.0837. The summed E-state index contributed by atoms with van der Waals surface area (Å²) in [6.07, 6.45) is 0. The fourth-order valence-electron chi connectivity index (χ4n) is 1.47. The van der Waals surface area contributed by atoms with Crippen molar-refractivity contribution in [1.29, 1.82) is 0 Å². The van der Waals surface area contributed by atoms with Gasteiger partial charge in [-0.15, -0.1) is 0 Å². The molecule has 0 aliphatic rings. The van der Waals surface area contributed by atoms with Gasteiger partial charge < -0.3 is 10.2 Å². The molecule has 17 heavy (non-hydrogen) atoms. The first-order chi connectivity index (χ1) is 7.99. The monoisotopic (exact) mass is 237 g/mol. The smallest absolute Gasteiger partial charge is 0.293 e. The van der Waals surface area contributed by atoms with Gasteiger partial charge in [0.15, 0.2) is 0 Å². The second kappa shape index (κ2) is 5.29. The average molecular weight is 237 g/mol. The maximum Gasteiger partial charge on any atom is 0.293 e. The molecule has 0 aromatic heterocycles. The van der Waals surface area contributed by atoms with E-state index in [1.54, 1.807) is 20.2 Å². The topological polar surface area (TPSA) is 75.5 Å². The van der Waals surface area contributed by atoms with Crippen LogP contribution < -0.4 is 5.32 Å². The lowest BCUT2D eigenvalue weighted by molar-refractivity contribution is -0.384. The number of anilines is 1. The van der Waals surface area contributed by atoms with Gasteiger partial charge >= 0.3 is 0 Å². The van der Waals surface area contributed by atoms with Crippen LogP contribution in [0.5, 0.6) is 0 Å². The van der Waals surface area contributed by atoms with Gasteiger partial charge in [-0.3, -0.25) is 14.9 Å². The number of rotatable bonds is 4. The summed E-state index contributed by atoms with van der Waals surface area (Å²) in [6, 6.07) is 4.47. The fraction of sp³-hybridized carbons (Fsp3) is 0.364. The fourth-order valence-corrected chi connectivity index (χ4v) is 1.47. The first kappa shape index (κ1) is 13.0. The number of carbonyl (C=O) groups excluding carboxylic acids is 1. The van der Waals surface area contributed by atoms with Gasteiger partial charge in [0.2, 0.25) is 0 Å². The molecular formula is C11H15N3O3. The molecule has 0 saturated carbocycles. The van der Waals surface area contributed by atoms with Crippen LogP contribution in [0.3, 0.4) is 0 Å². The molecule has 0 bridgehead atoms. The Morgan fingerprint density at radius 3 is 2.59 bits per heavy atom. The summed E-state index contributed by atoms with van der Waals surface area (Å²) in [5.41, 5.74) is 0.504. The van der Waals surface area contributed by atoms with Crippen molar-refractivity contribution >= 4 is 17.3 Å². The van der Waals surface area contributed by atoms with Gasteiger partial charge in [0.1, 0.15) is 5.69 Å². The largest absolute Gasteiger partial charge is 0.379 e. The Labute approximate surface area is 99.4 Å². The summed E-state index contributed by atoms with van der Waals surface area (Å²) in [4.78, 5) is 23.7. The highest BCUT2D eigenvalue weighted by atomic mass is 16.6. The molecule has 0 fully saturated rings. The zero-order valence-electron chi connectivity index (χ0n) is 10.1. The van der Waals surface area contributed by atoms with E-state index in [2.05, 4.69) is 5.32 Å². The SMILES string of the molecule is CCNc1c(C(=O)N(C)C)cccc1[N+](=O)[O-]. The van der Waals surface area contributed by atoms with Crippen LogP contribution in [-0.2, 0) is 0 Å². The predicted octanol–water partition coefficient (Wildman–Crippen LogP) is 1.73. The summed E-state index contributed by atoms with van der Waals surface area (Å²) >= 11 is 0. The molecule has 6 heteroatoms. The van der Waals surface area contributed by atoms with Crippen LogP contribution in [0.25, 0.3) is 0 Å². The molecule has 0 atom stereocenters. The lowest BCUT2D eigenvalue weighted by Crippen LogP contribution is -2.23. The van der Waals surface area contributed by atoms with Crippen molar-refractivity contribution in [1.82, 2.24) is 4.90 Å². The Balaban J connectivity index is 3.34. The molecule has 0 aliphatic carbocycles. The van der Waals surface area contributed by atoms with Gasteiger partial charge in [0.25, 0.3) is 11.6 Å². The molecule has 0 spiro atoms. The van der Waals surface area contributed by atoms with Gasteiger partial charge in [-0.1, -0.05) is 6.07 Å². The van der Waals surface area contributed by atoms with Gasteiger partial charge in [-0.25, -0.2) is 0 Å². The molecule has 0 aliphatic heterocycles. The molecule has 92 valence electrons. The normalized spacial score (nSPS) is 9.82. The molecule has 1 N–H and O–H groups in total. The van der Waals surface area contributed by atoms with Crippen molar-refractivity contribution in [2.24, 2.45) is 0 Å². The maximum atomic E-state index is 11.9. The van der Waals surface area contributed by atoms with Crippen molar-refractivity contribution in [3.05, 3.63) is 33.9 Å². The Kier molecular flexibility index (Phi) is 4.03. The standard InChI is InChI=1S/C11H15N3O3/c1-4-12-10-8(11(15)13(2)3)6-5-7-9(10)14(16)17/h5-7,12H,4H2,1-3H3. The highest BCUT2D eigenvalue weighted by molar-refractivity contribution is 6.01. The Morgan fingerprint density at radius 1 is 1.47 bits per heavy atom. The van der Waals surface area contributed by atoms with Crippen LogP contribution in [0.15, 0.2) is 18.2 Å². The molecule has 0 radical (unpaired) electrons. The molecule has 0 unspecified atom stereocenters. The number of nitro benzene ring substituents is 1. The van der Waals surface area contributed by atoms with Crippen LogP contribution >= 0.6 is 0 Å². The second-order valence-electron chi connectivity index (χ2n) is 3.69. The van der Waals surface area contributed by atoms with Crippen molar-refractivity contribution in [3.8, 4) is 0 Å². The molecule has 1 rings (SSSR count). The Bertz CT molecular complexity index is 444. The lowest BCUT2D eigenvalue weighted by Gasteiger charge is -2.14. The van der Waals surface area contributed by atoms with Crippen LogP contribution in [-0.4, -0.2) is 36.4 Å². The Hall–Kier alpha value is -2.11. The molecule has 1 amide bonds. The van der Waals surface area contributed by atoms with Crippen molar-refractivity contribution < 1.29 is 9.72 Å². The third-order valence-corrected chi connectivity index (χ3v) is 2.23. The molecule has 0 saturated heterocycles. The molecule has 1 aromatic carbocycles. The molecule has 1 aromatic rings. The number of carbonyl (C=O) groups is 1. The van der Waals surface area contributed by atoms with E-state index in [9.17, 15) is 14.9 Å². The summed E-state index contributed by atoms with van der Waals surface area (Å²) in [5.74, 6) is -0.260. The van der Waals surface area contributed by atoms with Crippen molar-refractivity contribution in [2.45, 2.75) is 6.92 Å². The lowest BCUT2D eigenvalue weighted by atomic mass is 10.1. The Morgan fingerprint density at radius 2 is 2.12 bits per heavy atom. The zero-order valence-corrected chi connectivity index (χ0v) is 10.1. The number of hydrogen-bond acceptors (Lipinski definition) is 4. The van der Waals surface area contributed by atoms with Gasteiger partial charge in [0, 0.05) is 26.7 Å². The minimum atomic E-state index is -0.496. The summed E-state index contributed by atoms with van der Waals surface area (Å²) in [5, 5.41) is 13.8. The van der Waals surface area contributed by atoms with Crippen molar-refractivity contribution in [2.75, 3.05) is 26.0 Å². The summed E-state index contributed by atoms with van der Waals surface area (Å²) in [7, 11) is 3.22. The number of nitrogens with one attached hydrogen (secondary N) is 1. The van der Waals surface area contributed by atoms with Crippen LogP contribution in [0.4, 0.5) is 11.4 Å². The number of para-hydroxylation sites is 1. The summed E-state index contributed by atoms with van der Waals surface area (Å²) in [6.45, 7) is 2.33. The average Bonchev–Trinajstić information content (AvgIpc) is 2.28. The van der Waals surface area contributed by atoms with Crippen molar-refractivity contribution in [3.63, 3.8) is 0 Å². The van der Waals surface area contributed by atoms with E-state index in [0.29, 0.717) is 12.1 Å². The van der Waals surface area contributed by atoms with E-state index < -0.39 is 4.92 Å². The van der Waals surface area contributed by atoms with Gasteiger partial charge in [-0.05, 0) is 13.0 Å². The first-order valence-electron chi connectivity index (χ1n) is 5.22. The third-order valence-electron chi connectivity index (χ3n) is 2.23. The second-order valence-corrected chi connectivity index (χ2v) is 3.69. The van der Waals surface area contributed by atoms with E-state index in [4.69, 9.17) is 0 Å². The highest BCUT2D eigenvalue weighted by Crippen LogP contribution is 2.28. The predicted molar refractivity (Wildman–Crippen MR) is 65.3 cm³/mol. The summed E-state index contributed by atoms with van der Waals surface area (Å²) < 4.78 is 0. The van der Waals surface area contributed by atoms with E-state index in [-0.39, 0.29) is 17.3 Å². The first-order valence-corrected chi connectivity index (χ1v) is 5.22. The molecule has 6 nitrogen and oxygen atoms in total. The third kappa shape index (κ3) is 2.72. The van der Waals surface area contributed by atoms with Gasteiger partial charge in [-0.2, -0.15) is 0 Å². The van der Waals surface area contributed by atoms with E-state index in [1.165, 1.54) is 17.0 Å². The number of hydrogen-bond donors (Lipinski definition) is 1. The number of nitrogens with zero attached hydrogens (tertiary/aromatic N) is 2. The van der Waals surface area contributed by atoms with E-state index >= 15 is 0 Å². The quantitative estimate of drug-likeness (QED) is 0.639. The highest BCUT2D eigenvalue weighted by Gasteiger charge is 2.21. The number of benzene rings is 1. The van der Waals surface area contributed by atoms with Crippen LogP contribution in [0.2, 0.25) is 0 Å².